The lowest BCUT2D eigenvalue weighted by Crippen LogP contribution is -2.43. The van der Waals surface area contributed by atoms with Crippen LogP contribution in [0.15, 0.2) is 72.8 Å². The van der Waals surface area contributed by atoms with Gasteiger partial charge in [-0.2, -0.15) is 0 Å². The smallest absolute Gasteiger partial charge is 0.256 e. The summed E-state index contributed by atoms with van der Waals surface area (Å²) < 4.78 is 11.7. The van der Waals surface area contributed by atoms with E-state index in [-0.39, 0.29) is 5.91 Å². The largest absolute Gasteiger partial charge is 0.493 e. The Morgan fingerprint density at radius 2 is 1.67 bits per heavy atom. The Kier molecular flexibility index (Phi) is 9.01. The van der Waals surface area contributed by atoms with Crippen LogP contribution < -0.4 is 14.8 Å². The lowest BCUT2D eigenvalue weighted by atomic mass is 9.93. The number of benzene rings is 3. The summed E-state index contributed by atoms with van der Waals surface area (Å²) in [6.07, 6.45) is 6.53. The number of amides is 1. The lowest BCUT2D eigenvalue weighted by molar-refractivity contribution is 0.0991. The van der Waals surface area contributed by atoms with Crippen LogP contribution >= 0.6 is 0 Å². The van der Waals surface area contributed by atoms with Crippen molar-refractivity contribution in [3.05, 3.63) is 78.4 Å². The van der Waals surface area contributed by atoms with E-state index >= 15 is 0 Å². The Morgan fingerprint density at radius 1 is 0.944 bits per heavy atom. The van der Waals surface area contributed by atoms with E-state index in [1.54, 1.807) is 7.11 Å². The molecule has 3 aromatic carbocycles. The zero-order valence-corrected chi connectivity index (χ0v) is 21.7. The van der Waals surface area contributed by atoms with E-state index in [1.165, 1.54) is 32.1 Å². The van der Waals surface area contributed by atoms with Crippen molar-refractivity contribution < 1.29 is 14.3 Å². The molecule has 1 aliphatic rings. The van der Waals surface area contributed by atoms with Crippen LogP contribution in [0.1, 0.15) is 56.3 Å². The minimum atomic E-state index is -0.158. The van der Waals surface area contributed by atoms with Crippen LogP contribution in [0.4, 0.5) is 5.69 Å². The molecule has 5 heteroatoms. The molecule has 0 atom stereocenters. The molecule has 1 aliphatic carbocycles. The van der Waals surface area contributed by atoms with Crippen molar-refractivity contribution in [2.75, 3.05) is 25.6 Å². The fourth-order valence-corrected chi connectivity index (χ4v) is 5.15. The topological polar surface area (TPSA) is 50.8 Å². The fourth-order valence-electron chi connectivity index (χ4n) is 5.15. The summed E-state index contributed by atoms with van der Waals surface area (Å²) in [6, 6.07) is 24.3. The molecule has 1 amide bonds. The van der Waals surface area contributed by atoms with Crippen molar-refractivity contribution >= 4 is 11.6 Å². The highest BCUT2D eigenvalue weighted by atomic mass is 16.5. The van der Waals surface area contributed by atoms with Crippen LogP contribution in [-0.4, -0.2) is 43.2 Å². The van der Waals surface area contributed by atoms with Gasteiger partial charge in [-0.15, -0.1) is 0 Å². The van der Waals surface area contributed by atoms with Gasteiger partial charge < -0.3 is 14.8 Å². The monoisotopic (exact) mass is 486 g/mol. The quantitative estimate of drug-likeness (QED) is 0.334. The molecule has 1 saturated carbocycles. The predicted molar refractivity (Wildman–Crippen MR) is 147 cm³/mol. The Bertz CT molecular complexity index is 1120. The average Bonchev–Trinajstić information content (AvgIpc) is 2.92. The molecule has 0 saturated heterocycles. The number of methoxy groups -OCH3 is 1. The molecule has 36 heavy (non-hydrogen) atoms. The Balaban J connectivity index is 1.45. The molecule has 0 aliphatic heterocycles. The molecule has 0 bridgehead atoms. The number of nitrogens with zero attached hydrogens (tertiary/aromatic N) is 1. The Labute approximate surface area is 215 Å². The molecule has 0 unspecified atom stereocenters. The second-order valence-electron chi connectivity index (χ2n) is 9.70. The van der Waals surface area contributed by atoms with Crippen molar-refractivity contribution in [1.29, 1.82) is 0 Å². The summed E-state index contributed by atoms with van der Waals surface area (Å²) in [5.74, 6) is 1.14. The standard InChI is InChI=1S/C31H38N2O3/c1-23(2)33(26-14-8-5-9-15-26)20-21-36-30-22-25(18-19-29(30)35-3)32-31(34)28-17-11-10-16-27(28)24-12-6-4-7-13-24/h4,6-7,10-13,16-19,22-23,26H,5,8-9,14-15,20-21H2,1-3H3,(H,32,34). The van der Waals surface area contributed by atoms with Gasteiger partial charge in [0.2, 0.25) is 0 Å². The van der Waals surface area contributed by atoms with Gasteiger partial charge in [-0.1, -0.05) is 67.8 Å². The molecular weight excluding hydrogens is 448 g/mol. The summed E-state index contributed by atoms with van der Waals surface area (Å²) in [4.78, 5) is 15.8. The first-order valence-corrected chi connectivity index (χ1v) is 13.1. The summed E-state index contributed by atoms with van der Waals surface area (Å²) in [6.45, 7) is 5.96. The van der Waals surface area contributed by atoms with Gasteiger partial charge in [0.1, 0.15) is 6.61 Å². The normalized spacial score (nSPS) is 14.1. The maximum absolute atomic E-state index is 13.2. The zero-order valence-electron chi connectivity index (χ0n) is 21.7. The summed E-state index contributed by atoms with van der Waals surface area (Å²) in [5, 5.41) is 3.04. The van der Waals surface area contributed by atoms with Crippen molar-refractivity contribution in [2.45, 2.75) is 58.0 Å². The molecule has 4 rings (SSSR count). The van der Waals surface area contributed by atoms with Gasteiger partial charge in [0.05, 0.1) is 7.11 Å². The van der Waals surface area contributed by atoms with Crippen LogP contribution in [0.5, 0.6) is 11.5 Å². The van der Waals surface area contributed by atoms with Gasteiger partial charge in [-0.05, 0) is 56.0 Å². The third-order valence-corrected chi connectivity index (χ3v) is 6.99. The minimum absolute atomic E-state index is 0.158. The van der Waals surface area contributed by atoms with Crippen LogP contribution in [0.25, 0.3) is 11.1 Å². The molecule has 0 heterocycles. The van der Waals surface area contributed by atoms with E-state index in [1.807, 2.05) is 72.8 Å². The van der Waals surface area contributed by atoms with Gasteiger partial charge >= 0.3 is 0 Å². The molecule has 190 valence electrons. The van der Waals surface area contributed by atoms with Crippen LogP contribution in [-0.2, 0) is 0 Å². The van der Waals surface area contributed by atoms with Gasteiger partial charge in [0.25, 0.3) is 5.91 Å². The molecular formula is C31H38N2O3. The number of carbonyl (C=O) groups excluding carboxylic acids is 1. The number of nitrogens with one attached hydrogen (secondary N) is 1. The second kappa shape index (κ2) is 12.6. The average molecular weight is 487 g/mol. The van der Waals surface area contributed by atoms with Crippen molar-refractivity contribution in [3.8, 4) is 22.6 Å². The SMILES string of the molecule is COc1ccc(NC(=O)c2ccccc2-c2ccccc2)cc1OCCN(C(C)C)C1CCCCC1. The van der Waals surface area contributed by atoms with Crippen molar-refractivity contribution in [2.24, 2.45) is 0 Å². The van der Waals surface area contributed by atoms with E-state index in [4.69, 9.17) is 9.47 Å². The number of hydrogen-bond donors (Lipinski definition) is 1. The molecule has 5 nitrogen and oxygen atoms in total. The van der Waals surface area contributed by atoms with E-state index in [0.717, 1.165) is 17.7 Å². The third-order valence-electron chi connectivity index (χ3n) is 6.99. The molecule has 0 radical (unpaired) electrons. The lowest BCUT2D eigenvalue weighted by Gasteiger charge is -2.37. The van der Waals surface area contributed by atoms with E-state index in [0.29, 0.717) is 41.4 Å². The molecule has 0 aromatic heterocycles. The Morgan fingerprint density at radius 3 is 2.39 bits per heavy atom. The first-order chi connectivity index (χ1) is 17.6. The van der Waals surface area contributed by atoms with E-state index < -0.39 is 0 Å². The van der Waals surface area contributed by atoms with Crippen molar-refractivity contribution in [3.63, 3.8) is 0 Å². The van der Waals surface area contributed by atoms with Crippen LogP contribution in [0, 0.1) is 0 Å². The first-order valence-electron chi connectivity index (χ1n) is 13.1. The highest BCUT2D eigenvalue weighted by Crippen LogP contribution is 2.32. The third kappa shape index (κ3) is 6.46. The zero-order chi connectivity index (χ0) is 25.3. The summed E-state index contributed by atoms with van der Waals surface area (Å²) >= 11 is 0. The molecule has 1 fully saturated rings. The van der Waals surface area contributed by atoms with Gasteiger partial charge in [0, 0.05) is 35.9 Å². The number of hydrogen-bond acceptors (Lipinski definition) is 4. The summed E-state index contributed by atoms with van der Waals surface area (Å²) in [5.41, 5.74) is 3.21. The van der Waals surface area contributed by atoms with Gasteiger partial charge in [-0.25, -0.2) is 0 Å². The summed E-state index contributed by atoms with van der Waals surface area (Å²) in [7, 11) is 1.64. The van der Waals surface area contributed by atoms with E-state index in [9.17, 15) is 4.79 Å². The van der Waals surface area contributed by atoms with E-state index in [2.05, 4.69) is 24.1 Å². The van der Waals surface area contributed by atoms with Gasteiger partial charge in [0.15, 0.2) is 11.5 Å². The van der Waals surface area contributed by atoms with Crippen LogP contribution in [0.3, 0.4) is 0 Å². The van der Waals surface area contributed by atoms with Crippen LogP contribution in [0.2, 0.25) is 0 Å². The fraction of sp³-hybridized carbons (Fsp3) is 0.387. The molecule has 1 N–H and O–H groups in total. The minimum Gasteiger partial charge on any atom is -0.493 e. The highest BCUT2D eigenvalue weighted by molar-refractivity contribution is 6.08. The maximum Gasteiger partial charge on any atom is 0.256 e. The highest BCUT2D eigenvalue weighted by Gasteiger charge is 2.23. The number of ether oxygens (including phenoxy) is 2. The molecule has 0 spiro atoms. The predicted octanol–water partition coefficient (Wildman–Crippen LogP) is 7.04. The number of anilines is 1. The first kappa shape index (κ1) is 25.8. The molecule has 3 aromatic rings. The van der Waals surface area contributed by atoms with Crippen molar-refractivity contribution in [1.82, 2.24) is 4.90 Å². The second-order valence-corrected chi connectivity index (χ2v) is 9.70. The number of rotatable bonds is 10. The maximum atomic E-state index is 13.2. The van der Waals surface area contributed by atoms with Gasteiger partial charge in [-0.3, -0.25) is 9.69 Å². The number of carbonyl (C=O) groups is 1. The Hall–Kier alpha value is -3.31.